The van der Waals surface area contributed by atoms with Crippen molar-refractivity contribution in [1.82, 2.24) is 10.6 Å². The molecule has 1 amide bonds. The molecule has 0 fully saturated rings. The van der Waals surface area contributed by atoms with Crippen LogP contribution in [0.25, 0.3) is 0 Å². The van der Waals surface area contributed by atoms with Crippen molar-refractivity contribution in [2.45, 2.75) is 6.18 Å². The molecule has 0 aliphatic rings. The van der Waals surface area contributed by atoms with Crippen molar-refractivity contribution in [3.05, 3.63) is 29.8 Å². The van der Waals surface area contributed by atoms with Gasteiger partial charge in [-0.1, -0.05) is 6.07 Å². The van der Waals surface area contributed by atoms with Gasteiger partial charge in [0.25, 0.3) is 5.91 Å². The summed E-state index contributed by atoms with van der Waals surface area (Å²) in [6.45, 7) is 1.88. The van der Waals surface area contributed by atoms with Crippen LogP contribution in [0.1, 0.15) is 5.56 Å². The number of nitrogens with one attached hydrogen (secondary N) is 2. The van der Waals surface area contributed by atoms with Crippen molar-refractivity contribution in [3.63, 3.8) is 0 Å². The second kappa shape index (κ2) is 9.26. The van der Waals surface area contributed by atoms with Gasteiger partial charge in [0.05, 0.1) is 12.2 Å². The summed E-state index contributed by atoms with van der Waals surface area (Å²) in [5.74, 6) is -0.394. The number of hydrogen-bond acceptors (Lipinski definition) is 4. The first-order valence-electron chi connectivity index (χ1n) is 6.70. The van der Waals surface area contributed by atoms with Crippen LogP contribution in [0.15, 0.2) is 24.3 Å². The van der Waals surface area contributed by atoms with E-state index in [1.165, 1.54) is 12.1 Å². The standard InChI is InChI=1S/C14H19F3N2O3/c1-21-8-7-18-5-6-19-13(20)10-22-12-4-2-3-11(9-12)14(15,16)17/h2-4,9,18H,5-8,10H2,1H3,(H,19,20). The number of carbonyl (C=O) groups excluding carboxylic acids is 1. The van der Waals surface area contributed by atoms with E-state index in [1.54, 1.807) is 7.11 Å². The maximum atomic E-state index is 12.5. The molecule has 0 radical (unpaired) electrons. The highest BCUT2D eigenvalue weighted by molar-refractivity contribution is 5.77. The molecule has 0 bridgehead atoms. The highest BCUT2D eigenvalue weighted by Gasteiger charge is 2.30. The van der Waals surface area contributed by atoms with E-state index in [0.717, 1.165) is 12.1 Å². The fraction of sp³-hybridized carbons (Fsp3) is 0.500. The fourth-order valence-electron chi connectivity index (χ4n) is 1.55. The van der Waals surface area contributed by atoms with Crippen LogP contribution < -0.4 is 15.4 Å². The maximum absolute atomic E-state index is 12.5. The summed E-state index contributed by atoms with van der Waals surface area (Å²) in [5.41, 5.74) is -0.812. The third-order valence-electron chi connectivity index (χ3n) is 2.64. The van der Waals surface area contributed by atoms with Crippen molar-refractivity contribution in [2.75, 3.05) is 40.0 Å². The lowest BCUT2D eigenvalue weighted by atomic mass is 10.2. The lowest BCUT2D eigenvalue weighted by Gasteiger charge is -2.10. The van der Waals surface area contributed by atoms with Gasteiger partial charge in [-0.25, -0.2) is 0 Å². The van der Waals surface area contributed by atoms with Gasteiger partial charge in [-0.05, 0) is 18.2 Å². The van der Waals surface area contributed by atoms with Gasteiger partial charge in [-0.15, -0.1) is 0 Å². The SMILES string of the molecule is COCCNCCNC(=O)COc1cccc(C(F)(F)F)c1. The van der Waals surface area contributed by atoms with Gasteiger partial charge >= 0.3 is 6.18 Å². The van der Waals surface area contributed by atoms with Crippen molar-refractivity contribution < 1.29 is 27.4 Å². The zero-order valence-corrected chi connectivity index (χ0v) is 12.2. The summed E-state index contributed by atoms with van der Waals surface area (Å²) in [7, 11) is 1.59. The minimum absolute atomic E-state index is 0.00296. The van der Waals surface area contributed by atoms with Crippen LogP contribution in [0.5, 0.6) is 5.75 Å². The molecule has 0 saturated carbocycles. The molecule has 0 unspecified atom stereocenters. The highest BCUT2D eigenvalue weighted by Crippen LogP contribution is 2.31. The molecule has 1 rings (SSSR count). The van der Waals surface area contributed by atoms with Crippen LogP contribution in [0.4, 0.5) is 13.2 Å². The molecule has 22 heavy (non-hydrogen) atoms. The second-order valence-corrected chi connectivity index (χ2v) is 4.41. The predicted octanol–water partition coefficient (Wildman–Crippen LogP) is 1.44. The van der Waals surface area contributed by atoms with Gasteiger partial charge < -0.3 is 20.1 Å². The first-order chi connectivity index (χ1) is 10.4. The Morgan fingerprint density at radius 1 is 1.23 bits per heavy atom. The van der Waals surface area contributed by atoms with Crippen LogP contribution in [-0.2, 0) is 15.7 Å². The largest absolute Gasteiger partial charge is 0.484 e. The summed E-state index contributed by atoms with van der Waals surface area (Å²) < 4.78 is 47.4. The molecule has 0 aliphatic heterocycles. The third-order valence-corrected chi connectivity index (χ3v) is 2.64. The highest BCUT2D eigenvalue weighted by atomic mass is 19.4. The number of methoxy groups -OCH3 is 1. The van der Waals surface area contributed by atoms with Gasteiger partial charge in [0.2, 0.25) is 0 Å². The Morgan fingerprint density at radius 3 is 2.68 bits per heavy atom. The zero-order chi connectivity index (χ0) is 16.4. The second-order valence-electron chi connectivity index (χ2n) is 4.41. The number of hydrogen-bond donors (Lipinski definition) is 2. The average molecular weight is 320 g/mol. The van der Waals surface area contributed by atoms with E-state index in [9.17, 15) is 18.0 Å². The van der Waals surface area contributed by atoms with Crippen LogP contribution in [0, 0.1) is 0 Å². The average Bonchev–Trinajstić information content (AvgIpc) is 2.48. The summed E-state index contributed by atoms with van der Waals surface area (Å²) >= 11 is 0. The molecule has 0 spiro atoms. The van der Waals surface area contributed by atoms with Gasteiger partial charge in [0.1, 0.15) is 5.75 Å². The Balaban J connectivity index is 2.27. The Labute approximate surface area is 126 Å². The molecule has 5 nitrogen and oxygen atoms in total. The normalized spacial score (nSPS) is 11.3. The van der Waals surface area contributed by atoms with Crippen molar-refractivity contribution in [1.29, 1.82) is 0 Å². The van der Waals surface area contributed by atoms with Crippen LogP contribution >= 0.6 is 0 Å². The smallest absolute Gasteiger partial charge is 0.416 e. The number of amides is 1. The topological polar surface area (TPSA) is 59.6 Å². The number of ether oxygens (including phenoxy) is 2. The quantitative estimate of drug-likeness (QED) is 0.676. The molecule has 0 aliphatic carbocycles. The molecular formula is C14H19F3N2O3. The summed E-state index contributed by atoms with van der Waals surface area (Å²) in [6.07, 6.45) is -4.44. The zero-order valence-electron chi connectivity index (χ0n) is 12.2. The van der Waals surface area contributed by atoms with Gasteiger partial charge in [0, 0.05) is 26.7 Å². The molecule has 0 saturated heterocycles. The van der Waals surface area contributed by atoms with E-state index >= 15 is 0 Å². The minimum atomic E-state index is -4.44. The Hall–Kier alpha value is -1.80. The number of rotatable bonds is 9. The first-order valence-corrected chi connectivity index (χ1v) is 6.70. The van der Waals surface area contributed by atoms with Crippen LogP contribution in [-0.4, -0.2) is 45.9 Å². The molecule has 0 aromatic heterocycles. The molecule has 8 heteroatoms. The van der Waals surface area contributed by atoms with Gasteiger partial charge in [0.15, 0.2) is 6.61 Å². The predicted molar refractivity (Wildman–Crippen MR) is 74.7 cm³/mol. The van der Waals surface area contributed by atoms with E-state index in [4.69, 9.17) is 9.47 Å². The van der Waals surface area contributed by atoms with E-state index in [-0.39, 0.29) is 12.4 Å². The Morgan fingerprint density at radius 2 is 2.00 bits per heavy atom. The lowest BCUT2D eigenvalue weighted by Crippen LogP contribution is -2.35. The van der Waals surface area contributed by atoms with Crippen molar-refractivity contribution >= 4 is 5.91 Å². The number of halogens is 3. The number of benzene rings is 1. The lowest BCUT2D eigenvalue weighted by molar-refractivity contribution is -0.137. The number of carbonyl (C=O) groups is 1. The third kappa shape index (κ3) is 7.28. The molecule has 1 aromatic rings. The molecular weight excluding hydrogens is 301 g/mol. The maximum Gasteiger partial charge on any atom is 0.416 e. The summed E-state index contributed by atoms with van der Waals surface area (Å²) in [5, 5.41) is 5.62. The van der Waals surface area contributed by atoms with Gasteiger partial charge in [-0.3, -0.25) is 4.79 Å². The molecule has 124 valence electrons. The summed E-state index contributed by atoms with van der Waals surface area (Å²) in [6, 6.07) is 4.41. The molecule has 2 N–H and O–H groups in total. The van der Waals surface area contributed by atoms with Crippen LogP contribution in [0.3, 0.4) is 0 Å². The number of alkyl halides is 3. The molecule has 0 heterocycles. The van der Waals surface area contributed by atoms with Crippen LogP contribution in [0.2, 0.25) is 0 Å². The summed E-state index contributed by atoms with van der Waals surface area (Å²) in [4.78, 5) is 11.5. The van der Waals surface area contributed by atoms with Crippen molar-refractivity contribution in [3.8, 4) is 5.75 Å². The monoisotopic (exact) mass is 320 g/mol. The first kappa shape index (κ1) is 18.2. The van der Waals surface area contributed by atoms with E-state index in [0.29, 0.717) is 26.2 Å². The Kier molecular flexibility index (Phi) is 7.69. The fourth-order valence-corrected chi connectivity index (χ4v) is 1.55. The van der Waals surface area contributed by atoms with Crippen molar-refractivity contribution in [2.24, 2.45) is 0 Å². The molecule has 1 aromatic carbocycles. The van der Waals surface area contributed by atoms with E-state index in [1.807, 2.05) is 0 Å². The van der Waals surface area contributed by atoms with E-state index in [2.05, 4.69) is 10.6 Å². The van der Waals surface area contributed by atoms with E-state index < -0.39 is 17.6 Å². The van der Waals surface area contributed by atoms with Gasteiger partial charge in [-0.2, -0.15) is 13.2 Å². The molecule has 0 atom stereocenters. The minimum Gasteiger partial charge on any atom is -0.484 e. The Bertz CT molecular complexity index is 467.